The van der Waals surface area contributed by atoms with E-state index in [1.807, 2.05) is 6.92 Å². The molecule has 0 aromatic carbocycles. The van der Waals surface area contributed by atoms with Gasteiger partial charge in [-0.3, -0.25) is 9.59 Å². The summed E-state index contributed by atoms with van der Waals surface area (Å²) in [5, 5.41) is 5.97. The summed E-state index contributed by atoms with van der Waals surface area (Å²) >= 11 is 0. The molecule has 0 aromatic heterocycles. The van der Waals surface area contributed by atoms with E-state index >= 15 is 0 Å². The second kappa shape index (κ2) is 6.18. The van der Waals surface area contributed by atoms with Crippen LogP contribution in [-0.2, 0) is 9.59 Å². The zero-order valence-electron chi connectivity index (χ0n) is 11.9. The molecule has 104 valence electrons. The van der Waals surface area contributed by atoms with Crippen molar-refractivity contribution in [2.24, 2.45) is 5.41 Å². The van der Waals surface area contributed by atoms with Crippen molar-refractivity contribution in [2.45, 2.75) is 39.7 Å². The number of hydrogen-bond acceptors (Lipinski definition) is 3. The summed E-state index contributed by atoms with van der Waals surface area (Å²) in [5.74, 6) is -0.104. The first-order valence-electron chi connectivity index (χ1n) is 6.63. The predicted octanol–water partition coefficient (Wildman–Crippen LogP) is 0.359. The maximum absolute atomic E-state index is 12.3. The zero-order chi connectivity index (χ0) is 13.8. The lowest BCUT2D eigenvalue weighted by molar-refractivity contribution is -0.139. The van der Waals surface area contributed by atoms with Crippen LogP contribution >= 0.6 is 0 Å². The molecule has 0 aliphatic carbocycles. The van der Waals surface area contributed by atoms with Crippen molar-refractivity contribution in [3.63, 3.8) is 0 Å². The van der Waals surface area contributed by atoms with E-state index in [0.717, 1.165) is 19.4 Å². The van der Waals surface area contributed by atoms with E-state index in [0.29, 0.717) is 6.54 Å². The maximum atomic E-state index is 12.3. The van der Waals surface area contributed by atoms with Crippen LogP contribution < -0.4 is 10.6 Å². The fourth-order valence-corrected chi connectivity index (χ4v) is 2.40. The Bertz CT molecular complexity index is 315. The summed E-state index contributed by atoms with van der Waals surface area (Å²) in [7, 11) is 1.68. The van der Waals surface area contributed by atoms with Gasteiger partial charge in [-0.25, -0.2) is 0 Å². The minimum absolute atomic E-state index is 0.00551. The summed E-state index contributed by atoms with van der Waals surface area (Å²) in [6.07, 6.45) is 2.13. The molecule has 5 nitrogen and oxygen atoms in total. The molecule has 1 aliphatic heterocycles. The van der Waals surface area contributed by atoms with Crippen LogP contribution in [0.25, 0.3) is 0 Å². The average molecular weight is 255 g/mol. The van der Waals surface area contributed by atoms with Gasteiger partial charge in [-0.15, -0.1) is 0 Å². The van der Waals surface area contributed by atoms with E-state index in [4.69, 9.17) is 0 Å². The number of nitrogens with zero attached hydrogens (tertiary/aromatic N) is 1. The van der Waals surface area contributed by atoms with Gasteiger partial charge >= 0.3 is 0 Å². The molecule has 0 radical (unpaired) electrons. The van der Waals surface area contributed by atoms with Crippen molar-refractivity contribution in [3.8, 4) is 0 Å². The lowest BCUT2D eigenvalue weighted by Gasteiger charge is -2.39. The van der Waals surface area contributed by atoms with Crippen LogP contribution in [-0.4, -0.2) is 49.4 Å². The van der Waals surface area contributed by atoms with Crippen molar-refractivity contribution in [1.29, 1.82) is 0 Å². The number of carbonyl (C=O) groups is 2. The third kappa shape index (κ3) is 3.70. The summed E-state index contributed by atoms with van der Waals surface area (Å²) < 4.78 is 0. The van der Waals surface area contributed by atoms with E-state index in [1.54, 1.807) is 7.05 Å². The fourth-order valence-electron chi connectivity index (χ4n) is 2.40. The highest BCUT2D eigenvalue weighted by Gasteiger charge is 2.38. The topological polar surface area (TPSA) is 61.4 Å². The van der Waals surface area contributed by atoms with Gasteiger partial charge in [0.1, 0.15) is 0 Å². The van der Waals surface area contributed by atoms with Crippen molar-refractivity contribution in [1.82, 2.24) is 15.5 Å². The number of likely N-dealkylation sites (N-methyl/N-ethyl adjacent to an activating group) is 2. The van der Waals surface area contributed by atoms with Crippen molar-refractivity contribution in [3.05, 3.63) is 0 Å². The smallest absolute Gasteiger partial charge is 0.240 e. The van der Waals surface area contributed by atoms with Crippen molar-refractivity contribution < 1.29 is 9.59 Å². The molecule has 0 saturated carbocycles. The first-order chi connectivity index (χ1) is 8.38. The maximum Gasteiger partial charge on any atom is 0.240 e. The van der Waals surface area contributed by atoms with Gasteiger partial charge in [-0.05, 0) is 31.7 Å². The number of nitrogens with one attached hydrogen (secondary N) is 2. The molecule has 5 heteroatoms. The Labute approximate surface area is 109 Å². The van der Waals surface area contributed by atoms with Crippen LogP contribution in [0.4, 0.5) is 0 Å². The molecular formula is C13H25N3O2. The van der Waals surface area contributed by atoms with Crippen LogP contribution in [0, 0.1) is 5.41 Å². The Hall–Kier alpha value is -1.10. The standard InChI is InChI=1S/C13H25N3O2/c1-5-14-10(17)9-16(4)12(18)11-13(2,3)7-6-8-15-11/h11,15H,5-9H2,1-4H3,(H,14,17). The first-order valence-corrected chi connectivity index (χ1v) is 6.63. The van der Waals surface area contributed by atoms with Crippen molar-refractivity contribution in [2.75, 3.05) is 26.7 Å². The van der Waals surface area contributed by atoms with Gasteiger partial charge in [-0.2, -0.15) is 0 Å². The lowest BCUT2D eigenvalue weighted by atomic mass is 9.77. The Morgan fingerprint density at radius 1 is 1.44 bits per heavy atom. The lowest BCUT2D eigenvalue weighted by Crippen LogP contribution is -2.56. The summed E-state index contributed by atoms with van der Waals surface area (Å²) in [6.45, 7) is 7.65. The molecule has 1 unspecified atom stereocenters. The number of piperidine rings is 1. The quantitative estimate of drug-likeness (QED) is 0.762. The number of amides is 2. The molecule has 1 saturated heterocycles. The monoisotopic (exact) mass is 255 g/mol. The van der Waals surface area contributed by atoms with Crippen LogP contribution in [0.3, 0.4) is 0 Å². The predicted molar refractivity (Wildman–Crippen MR) is 71.1 cm³/mol. The SMILES string of the molecule is CCNC(=O)CN(C)C(=O)C1NCCCC1(C)C. The summed E-state index contributed by atoms with van der Waals surface area (Å²) in [6, 6.07) is -0.189. The normalized spacial score (nSPS) is 22.3. The third-order valence-corrected chi connectivity index (χ3v) is 3.51. The van der Waals surface area contributed by atoms with Gasteiger partial charge in [-0.1, -0.05) is 13.8 Å². The number of carbonyl (C=O) groups excluding carboxylic acids is 2. The van der Waals surface area contributed by atoms with E-state index in [-0.39, 0.29) is 29.8 Å². The van der Waals surface area contributed by atoms with Gasteiger partial charge in [0, 0.05) is 13.6 Å². The minimum Gasteiger partial charge on any atom is -0.355 e. The first kappa shape index (κ1) is 15.0. The van der Waals surface area contributed by atoms with Crippen LogP contribution in [0.1, 0.15) is 33.6 Å². The highest BCUT2D eigenvalue weighted by Crippen LogP contribution is 2.30. The fraction of sp³-hybridized carbons (Fsp3) is 0.846. The Kier molecular flexibility index (Phi) is 5.14. The highest BCUT2D eigenvalue weighted by atomic mass is 16.2. The molecule has 1 fully saturated rings. The van der Waals surface area contributed by atoms with Gasteiger partial charge in [0.25, 0.3) is 0 Å². The van der Waals surface area contributed by atoms with Crippen LogP contribution in [0.2, 0.25) is 0 Å². The molecule has 0 spiro atoms. The van der Waals surface area contributed by atoms with Gasteiger partial charge < -0.3 is 15.5 Å². The van der Waals surface area contributed by atoms with Crippen LogP contribution in [0.5, 0.6) is 0 Å². The molecule has 1 heterocycles. The molecule has 2 N–H and O–H groups in total. The molecule has 0 aromatic rings. The second-order valence-electron chi connectivity index (χ2n) is 5.63. The number of rotatable bonds is 4. The largest absolute Gasteiger partial charge is 0.355 e. The molecular weight excluding hydrogens is 230 g/mol. The Morgan fingerprint density at radius 2 is 2.11 bits per heavy atom. The third-order valence-electron chi connectivity index (χ3n) is 3.51. The van der Waals surface area contributed by atoms with E-state index in [1.165, 1.54) is 4.90 Å². The van der Waals surface area contributed by atoms with Gasteiger partial charge in [0.05, 0.1) is 12.6 Å². The molecule has 0 bridgehead atoms. The average Bonchev–Trinajstić information content (AvgIpc) is 2.27. The van der Waals surface area contributed by atoms with E-state index in [9.17, 15) is 9.59 Å². The molecule has 1 aliphatic rings. The number of hydrogen-bond donors (Lipinski definition) is 2. The minimum atomic E-state index is -0.189. The Balaban J connectivity index is 2.59. The van der Waals surface area contributed by atoms with Gasteiger partial charge in [0.15, 0.2) is 0 Å². The molecule has 1 rings (SSSR count). The second-order valence-corrected chi connectivity index (χ2v) is 5.63. The molecule has 18 heavy (non-hydrogen) atoms. The summed E-state index contributed by atoms with van der Waals surface area (Å²) in [4.78, 5) is 25.3. The Morgan fingerprint density at radius 3 is 2.67 bits per heavy atom. The molecule has 2 amide bonds. The van der Waals surface area contributed by atoms with E-state index < -0.39 is 0 Å². The zero-order valence-corrected chi connectivity index (χ0v) is 11.9. The van der Waals surface area contributed by atoms with E-state index in [2.05, 4.69) is 24.5 Å². The molecule has 1 atom stereocenters. The van der Waals surface area contributed by atoms with Crippen molar-refractivity contribution >= 4 is 11.8 Å². The highest BCUT2D eigenvalue weighted by molar-refractivity contribution is 5.87. The van der Waals surface area contributed by atoms with Crippen LogP contribution in [0.15, 0.2) is 0 Å². The van der Waals surface area contributed by atoms with Gasteiger partial charge in [0.2, 0.25) is 11.8 Å². The summed E-state index contributed by atoms with van der Waals surface area (Å²) in [5.41, 5.74) is -0.0508.